The maximum absolute atomic E-state index is 12.1. The predicted molar refractivity (Wildman–Crippen MR) is 94.9 cm³/mol. The summed E-state index contributed by atoms with van der Waals surface area (Å²) in [6.45, 7) is 2.18. The Hall–Kier alpha value is -2.05. The molecule has 0 amide bonds. The fraction of sp³-hybridized carbons (Fsp3) is 0.235. The molecule has 0 heterocycles. The van der Waals surface area contributed by atoms with Crippen LogP contribution >= 0.6 is 11.6 Å². The van der Waals surface area contributed by atoms with Gasteiger partial charge in [-0.2, -0.15) is 0 Å². The Balaban J connectivity index is 2.26. The molecule has 0 aromatic heterocycles. The number of esters is 1. The molecule has 0 aliphatic rings. The molecule has 0 spiro atoms. The number of nitrogens with zero attached hydrogens (tertiary/aromatic N) is 1. The van der Waals surface area contributed by atoms with Crippen LogP contribution in [0.4, 0.5) is 5.69 Å². The summed E-state index contributed by atoms with van der Waals surface area (Å²) in [5.41, 5.74) is 1.65. The minimum absolute atomic E-state index is 0.141. The number of hydrogen-bond donors (Lipinski definition) is 0. The maximum Gasteiger partial charge on any atom is 0.338 e. The van der Waals surface area contributed by atoms with Gasteiger partial charge in [-0.3, -0.25) is 4.31 Å². The number of halogens is 1. The molecule has 0 unspecified atom stereocenters. The highest BCUT2D eigenvalue weighted by molar-refractivity contribution is 7.92. The standard InChI is InChI=1S/C17H18ClNO4S/c1-3-23-17(20)14-9-7-13(8-10-14)12-19(24(2,21)22)16-6-4-5-15(18)11-16/h4-11H,3,12H2,1-2H3. The summed E-state index contributed by atoms with van der Waals surface area (Å²) < 4.78 is 30.4. The molecular formula is C17H18ClNO4S. The van der Waals surface area contributed by atoms with Crippen LogP contribution in [-0.4, -0.2) is 27.2 Å². The molecular weight excluding hydrogens is 350 g/mol. The van der Waals surface area contributed by atoms with Crippen molar-refractivity contribution in [3.8, 4) is 0 Å². The molecule has 0 bridgehead atoms. The van der Waals surface area contributed by atoms with Crippen molar-refractivity contribution in [1.82, 2.24) is 0 Å². The first-order valence-electron chi connectivity index (χ1n) is 7.30. The van der Waals surface area contributed by atoms with E-state index in [1.54, 1.807) is 55.5 Å². The van der Waals surface area contributed by atoms with E-state index in [1.165, 1.54) is 4.31 Å². The van der Waals surface area contributed by atoms with Gasteiger partial charge in [0.15, 0.2) is 0 Å². The lowest BCUT2D eigenvalue weighted by atomic mass is 10.1. The highest BCUT2D eigenvalue weighted by Crippen LogP contribution is 2.24. The monoisotopic (exact) mass is 367 g/mol. The first kappa shape index (κ1) is 18.3. The van der Waals surface area contributed by atoms with Gasteiger partial charge in [0.25, 0.3) is 0 Å². The van der Waals surface area contributed by atoms with Crippen LogP contribution in [0.15, 0.2) is 48.5 Å². The fourth-order valence-electron chi connectivity index (χ4n) is 2.16. The van der Waals surface area contributed by atoms with E-state index in [0.29, 0.717) is 22.9 Å². The second kappa shape index (κ2) is 7.68. The summed E-state index contributed by atoms with van der Waals surface area (Å²) in [6, 6.07) is 13.3. The number of ether oxygens (including phenoxy) is 1. The van der Waals surface area contributed by atoms with Crippen molar-refractivity contribution >= 4 is 33.3 Å². The topological polar surface area (TPSA) is 63.7 Å². The van der Waals surface area contributed by atoms with Crippen molar-refractivity contribution in [1.29, 1.82) is 0 Å². The van der Waals surface area contributed by atoms with E-state index in [0.717, 1.165) is 11.8 Å². The van der Waals surface area contributed by atoms with Gasteiger partial charge in [0.1, 0.15) is 0 Å². The van der Waals surface area contributed by atoms with Crippen LogP contribution < -0.4 is 4.31 Å². The molecule has 0 saturated carbocycles. The molecule has 2 aromatic carbocycles. The third-order valence-corrected chi connectivity index (χ3v) is 4.66. The quantitative estimate of drug-likeness (QED) is 0.733. The zero-order valence-electron chi connectivity index (χ0n) is 13.4. The Kier molecular flexibility index (Phi) is 5.85. The lowest BCUT2D eigenvalue weighted by Crippen LogP contribution is -2.29. The molecule has 128 valence electrons. The van der Waals surface area contributed by atoms with Crippen molar-refractivity contribution < 1.29 is 17.9 Å². The molecule has 7 heteroatoms. The summed E-state index contributed by atoms with van der Waals surface area (Å²) in [7, 11) is -3.48. The first-order valence-corrected chi connectivity index (χ1v) is 9.53. The van der Waals surface area contributed by atoms with Crippen LogP contribution in [0.25, 0.3) is 0 Å². The van der Waals surface area contributed by atoms with Gasteiger partial charge in [-0.1, -0.05) is 29.8 Å². The van der Waals surface area contributed by atoms with Gasteiger partial charge in [0.05, 0.1) is 30.7 Å². The smallest absolute Gasteiger partial charge is 0.338 e. The van der Waals surface area contributed by atoms with Crippen LogP contribution in [-0.2, 0) is 21.3 Å². The van der Waals surface area contributed by atoms with Crippen LogP contribution in [0.2, 0.25) is 5.02 Å². The van der Waals surface area contributed by atoms with E-state index in [-0.39, 0.29) is 6.54 Å². The van der Waals surface area contributed by atoms with E-state index in [4.69, 9.17) is 16.3 Å². The number of rotatable bonds is 6. The van der Waals surface area contributed by atoms with Gasteiger partial charge in [0.2, 0.25) is 10.0 Å². The average Bonchev–Trinajstić information content (AvgIpc) is 2.52. The Morgan fingerprint density at radius 1 is 1.17 bits per heavy atom. The minimum atomic E-state index is -3.48. The Bertz CT molecular complexity index is 819. The molecule has 0 atom stereocenters. The summed E-state index contributed by atoms with van der Waals surface area (Å²) >= 11 is 5.95. The van der Waals surface area contributed by atoms with Gasteiger partial charge < -0.3 is 4.74 Å². The molecule has 0 fully saturated rings. The van der Waals surface area contributed by atoms with E-state index in [9.17, 15) is 13.2 Å². The molecule has 0 N–H and O–H groups in total. The van der Waals surface area contributed by atoms with Gasteiger partial charge in [-0.25, -0.2) is 13.2 Å². The number of carbonyl (C=O) groups excluding carboxylic acids is 1. The summed E-state index contributed by atoms with van der Waals surface area (Å²) in [5.74, 6) is -0.404. The molecule has 0 radical (unpaired) electrons. The van der Waals surface area contributed by atoms with Crippen molar-refractivity contribution in [2.45, 2.75) is 13.5 Å². The van der Waals surface area contributed by atoms with Crippen LogP contribution in [0.1, 0.15) is 22.8 Å². The molecule has 2 rings (SSSR count). The second-order valence-electron chi connectivity index (χ2n) is 5.17. The predicted octanol–water partition coefficient (Wildman–Crippen LogP) is 3.48. The summed E-state index contributed by atoms with van der Waals surface area (Å²) in [6.07, 6.45) is 1.14. The van der Waals surface area contributed by atoms with Crippen molar-refractivity contribution in [2.24, 2.45) is 0 Å². The van der Waals surface area contributed by atoms with Crippen LogP contribution in [0.3, 0.4) is 0 Å². The fourth-order valence-corrected chi connectivity index (χ4v) is 3.22. The van der Waals surface area contributed by atoms with Crippen LogP contribution in [0, 0.1) is 0 Å². The Morgan fingerprint density at radius 2 is 1.83 bits per heavy atom. The largest absolute Gasteiger partial charge is 0.462 e. The summed E-state index contributed by atoms with van der Waals surface area (Å²) in [4.78, 5) is 11.7. The number of anilines is 1. The normalized spacial score (nSPS) is 11.1. The van der Waals surface area contributed by atoms with E-state index in [2.05, 4.69) is 0 Å². The molecule has 0 saturated heterocycles. The third-order valence-electron chi connectivity index (χ3n) is 3.29. The van der Waals surface area contributed by atoms with Crippen molar-refractivity contribution in [2.75, 3.05) is 17.2 Å². The molecule has 2 aromatic rings. The minimum Gasteiger partial charge on any atom is -0.462 e. The Labute approximate surface area is 146 Å². The van der Waals surface area contributed by atoms with E-state index < -0.39 is 16.0 Å². The SMILES string of the molecule is CCOC(=O)c1ccc(CN(c2cccc(Cl)c2)S(C)(=O)=O)cc1. The Morgan fingerprint density at radius 3 is 2.38 bits per heavy atom. The maximum atomic E-state index is 12.1. The van der Waals surface area contributed by atoms with Crippen LogP contribution in [0.5, 0.6) is 0 Å². The number of benzene rings is 2. The molecule has 0 aliphatic heterocycles. The molecule has 24 heavy (non-hydrogen) atoms. The number of hydrogen-bond acceptors (Lipinski definition) is 4. The zero-order valence-corrected chi connectivity index (χ0v) is 15.0. The molecule has 0 aliphatic carbocycles. The zero-order chi connectivity index (χ0) is 17.7. The van der Waals surface area contributed by atoms with E-state index in [1.807, 2.05) is 0 Å². The number of sulfonamides is 1. The van der Waals surface area contributed by atoms with Gasteiger partial charge in [-0.15, -0.1) is 0 Å². The van der Waals surface area contributed by atoms with E-state index >= 15 is 0 Å². The first-order chi connectivity index (χ1) is 11.3. The van der Waals surface area contributed by atoms with Gasteiger partial charge >= 0.3 is 5.97 Å². The lowest BCUT2D eigenvalue weighted by Gasteiger charge is -2.22. The van der Waals surface area contributed by atoms with Gasteiger partial charge in [0, 0.05) is 5.02 Å². The number of carbonyl (C=O) groups is 1. The highest BCUT2D eigenvalue weighted by Gasteiger charge is 2.18. The van der Waals surface area contributed by atoms with Gasteiger partial charge in [-0.05, 0) is 42.8 Å². The van der Waals surface area contributed by atoms with Crippen molar-refractivity contribution in [3.05, 3.63) is 64.7 Å². The third kappa shape index (κ3) is 4.72. The second-order valence-corrected chi connectivity index (χ2v) is 7.51. The lowest BCUT2D eigenvalue weighted by molar-refractivity contribution is 0.0526. The summed E-state index contributed by atoms with van der Waals surface area (Å²) in [5, 5.41) is 0.457. The highest BCUT2D eigenvalue weighted by atomic mass is 35.5. The molecule has 5 nitrogen and oxygen atoms in total. The average molecular weight is 368 g/mol. The van der Waals surface area contributed by atoms with Crippen molar-refractivity contribution in [3.63, 3.8) is 0 Å².